The molecule has 0 fully saturated rings. The second-order valence-electron chi connectivity index (χ2n) is 5.16. The second-order valence-corrected chi connectivity index (χ2v) is 6.08. The quantitative estimate of drug-likeness (QED) is 0.761. The molecule has 0 radical (unpaired) electrons. The number of hydrogen-bond acceptors (Lipinski definition) is 3. The van der Waals surface area contributed by atoms with Gasteiger partial charge in [0.25, 0.3) is 0 Å². The molecule has 0 amide bonds. The molecule has 114 valence electrons. The van der Waals surface area contributed by atoms with Crippen molar-refractivity contribution < 1.29 is 4.74 Å². The predicted octanol–water partition coefficient (Wildman–Crippen LogP) is 4.16. The van der Waals surface area contributed by atoms with Crippen LogP contribution in [0.3, 0.4) is 0 Å². The molecule has 1 unspecified atom stereocenters. The summed E-state index contributed by atoms with van der Waals surface area (Å²) in [4.78, 5) is 4.57. The summed E-state index contributed by atoms with van der Waals surface area (Å²) in [6, 6.07) is 8.56. The van der Waals surface area contributed by atoms with Crippen molar-refractivity contribution in [3.63, 3.8) is 0 Å². The minimum atomic E-state index is 0.209. The van der Waals surface area contributed by atoms with Crippen molar-refractivity contribution in [2.75, 3.05) is 19.0 Å². The fourth-order valence-electron chi connectivity index (χ4n) is 2.24. The first-order valence-electron chi connectivity index (χ1n) is 7.15. The van der Waals surface area contributed by atoms with Gasteiger partial charge in [-0.2, -0.15) is 0 Å². The van der Waals surface area contributed by atoms with Gasteiger partial charge in [0.05, 0.1) is 11.7 Å². The number of halogens is 1. The maximum Gasteiger partial charge on any atom is 0.203 e. The Morgan fingerprint density at radius 1 is 1.33 bits per heavy atom. The summed E-state index contributed by atoms with van der Waals surface area (Å²) in [7, 11) is 1.73. The number of aryl methyl sites for hydroxylation is 2. The first kappa shape index (κ1) is 16.0. The van der Waals surface area contributed by atoms with Crippen LogP contribution in [-0.2, 0) is 11.3 Å². The Kier molecular flexibility index (Phi) is 5.82. The summed E-state index contributed by atoms with van der Waals surface area (Å²) in [6.07, 6.45) is 3.06. The standard InChI is InChI=1S/C16H22BrN3O/c1-12-11-20(9-4-10-21-3)16(18-12)19-13(2)14-5-7-15(17)8-6-14/h5-8,11,13H,4,9-10H2,1-3H3,(H,18,19). The molecule has 0 aliphatic rings. The molecule has 1 aromatic heterocycles. The van der Waals surface area contributed by atoms with Crippen molar-refractivity contribution in [3.05, 3.63) is 46.2 Å². The Morgan fingerprint density at radius 2 is 2.05 bits per heavy atom. The Bertz CT molecular complexity index is 565. The Morgan fingerprint density at radius 3 is 2.71 bits per heavy atom. The topological polar surface area (TPSA) is 39.1 Å². The number of imidazole rings is 1. The maximum atomic E-state index is 5.11. The Labute approximate surface area is 134 Å². The van der Waals surface area contributed by atoms with Crippen LogP contribution >= 0.6 is 15.9 Å². The molecule has 0 saturated heterocycles. The molecule has 1 aromatic carbocycles. The molecule has 0 saturated carbocycles. The van der Waals surface area contributed by atoms with Crippen LogP contribution in [0.2, 0.25) is 0 Å². The summed E-state index contributed by atoms with van der Waals surface area (Å²) >= 11 is 3.46. The highest BCUT2D eigenvalue weighted by atomic mass is 79.9. The van der Waals surface area contributed by atoms with Crippen molar-refractivity contribution in [2.24, 2.45) is 0 Å². The minimum absolute atomic E-state index is 0.209. The summed E-state index contributed by atoms with van der Waals surface area (Å²) in [5, 5.41) is 3.49. The van der Waals surface area contributed by atoms with E-state index in [9.17, 15) is 0 Å². The average Bonchev–Trinajstić information content (AvgIpc) is 2.80. The molecule has 1 atom stereocenters. The molecule has 21 heavy (non-hydrogen) atoms. The van der Waals surface area contributed by atoms with E-state index < -0.39 is 0 Å². The van der Waals surface area contributed by atoms with Crippen LogP contribution in [-0.4, -0.2) is 23.3 Å². The smallest absolute Gasteiger partial charge is 0.203 e. The van der Waals surface area contributed by atoms with Crippen molar-refractivity contribution in [1.82, 2.24) is 9.55 Å². The fourth-order valence-corrected chi connectivity index (χ4v) is 2.50. The van der Waals surface area contributed by atoms with Crippen LogP contribution in [0, 0.1) is 6.92 Å². The third-order valence-corrected chi connectivity index (χ3v) is 3.89. The molecule has 0 spiro atoms. The van der Waals surface area contributed by atoms with Crippen LogP contribution < -0.4 is 5.32 Å². The predicted molar refractivity (Wildman–Crippen MR) is 89.6 cm³/mol. The van der Waals surface area contributed by atoms with Crippen LogP contribution in [0.25, 0.3) is 0 Å². The maximum absolute atomic E-state index is 5.11. The van der Waals surface area contributed by atoms with Gasteiger partial charge in [0.2, 0.25) is 5.95 Å². The van der Waals surface area contributed by atoms with Gasteiger partial charge in [-0.1, -0.05) is 28.1 Å². The molecule has 1 N–H and O–H groups in total. The molecular weight excluding hydrogens is 330 g/mol. The van der Waals surface area contributed by atoms with Gasteiger partial charge >= 0.3 is 0 Å². The van der Waals surface area contributed by atoms with Gasteiger partial charge in [-0.15, -0.1) is 0 Å². The monoisotopic (exact) mass is 351 g/mol. The van der Waals surface area contributed by atoms with Gasteiger partial charge in [0, 0.05) is 30.9 Å². The number of nitrogens with one attached hydrogen (secondary N) is 1. The number of aromatic nitrogens is 2. The zero-order chi connectivity index (χ0) is 15.2. The third-order valence-electron chi connectivity index (χ3n) is 3.36. The number of anilines is 1. The largest absolute Gasteiger partial charge is 0.385 e. The van der Waals surface area contributed by atoms with E-state index >= 15 is 0 Å². The number of hydrogen-bond donors (Lipinski definition) is 1. The molecule has 2 rings (SSSR count). The molecule has 4 nitrogen and oxygen atoms in total. The van der Waals surface area contributed by atoms with E-state index in [4.69, 9.17) is 4.74 Å². The van der Waals surface area contributed by atoms with E-state index in [1.807, 2.05) is 6.92 Å². The van der Waals surface area contributed by atoms with E-state index in [1.54, 1.807) is 7.11 Å². The lowest BCUT2D eigenvalue weighted by atomic mass is 10.1. The number of nitrogens with zero attached hydrogens (tertiary/aromatic N) is 2. The minimum Gasteiger partial charge on any atom is -0.385 e. The van der Waals surface area contributed by atoms with E-state index in [0.29, 0.717) is 0 Å². The van der Waals surface area contributed by atoms with Gasteiger partial charge < -0.3 is 14.6 Å². The second kappa shape index (κ2) is 7.61. The van der Waals surface area contributed by atoms with Crippen LogP contribution in [0.5, 0.6) is 0 Å². The number of rotatable bonds is 7. The Balaban J connectivity index is 2.05. The molecule has 1 heterocycles. The molecule has 5 heteroatoms. The molecular formula is C16H22BrN3O. The summed E-state index contributed by atoms with van der Waals surface area (Å²) in [6.45, 7) is 5.83. The van der Waals surface area contributed by atoms with E-state index in [-0.39, 0.29) is 6.04 Å². The summed E-state index contributed by atoms with van der Waals surface area (Å²) < 4.78 is 8.36. The number of methoxy groups -OCH3 is 1. The zero-order valence-electron chi connectivity index (χ0n) is 12.8. The highest BCUT2D eigenvalue weighted by molar-refractivity contribution is 9.10. The summed E-state index contributed by atoms with van der Waals surface area (Å²) in [5.41, 5.74) is 2.26. The van der Waals surface area contributed by atoms with E-state index in [1.165, 1.54) is 5.56 Å². The van der Waals surface area contributed by atoms with Gasteiger partial charge in [0.1, 0.15) is 0 Å². The lowest BCUT2D eigenvalue weighted by Gasteiger charge is -2.16. The average molecular weight is 352 g/mol. The normalized spacial score (nSPS) is 12.4. The van der Waals surface area contributed by atoms with Crippen LogP contribution in [0.1, 0.15) is 30.6 Å². The first-order chi connectivity index (χ1) is 10.1. The highest BCUT2D eigenvalue weighted by Crippen LogP contribution is 2.21. The van der Waals surface area contributed by atoms with E-state index in [0.717, 1.165) is 35.7 Å². The number of ether oxygens (including phenoxy) is 1. The Hall–Kier alpha value is -1.33. The van der Waals surface area contributed by atoms with Crippen molar-refractivity contribution in [1.29, 1.82) is 0 Å². The molecule has 0 aliphatic carbocycles. The zero-order valence-corrected chi connectivity index (χ0v) is 14.4. The van der Waals surface area contributed by atoms with Gasteiger partial charge in [-0.25, -0.2) is 4.98 Å². The number of benzene rings is 1. The lowest BCUT2D eigenvalue weighted by Crippen LogP contribution is -2.12. The third kappa shape index (κ3) is 4.58. The van der Waals surface area contributed by atoms with Crippen molar-refractivity contribution in [3.8, 4) is 0 Å². The van der Waals surface area contributed by atoms with Crippen molar-refractivity contribution in [2.45, 2.75) is 32.9 Å². The van der Waals surface area contributed by atoms with Gasteiger partial charge in [-0.05, 0) is 38.0 Å². The molecule has 0 bridgehead atoms. The first-order valence-corrected chi connectivity index (χ1v) is 7.94. The van der Waals surface area contributed by atoms with E-state index in [2.05, 4.69) is 68.2 Å². The lowest BCUT2D eigenvalue weighted by molar-refractivity contribution is 0.190. The highest BCUT2D eigenvalue weighted by Gasteiger charge is 2.10. The van der Waals surface area contributed by atoms with Crippen LogP contribution in [0.4, 0.5) is 5.95 Å². The summed E-state index contributed by atoms with van der Waals surface area (Å²) in [5.74, 6) is 0.916. The van der Waals surface area contributed by atoms with Crippen molar-refractivity contribution >= 4 is 21.9 Å². The SMILES string of the molecule is COCCCn1cc(C)nc1NC(C)c1ccc(Br)cc1. The van der Waals surface area contributed by atoms with Crippen LogP contribution in [0.15, 0.2) is 34.9 Å². The van der Waals surface area contributed by atoms with Gasteiger partial charge in [0.15, 0.2) is 0 Å². The van der Waals surface area contributed by atoms with Gasteiger partial charge in [-0.3, -0.25) is 0 Å². The molecule has 2 aromatic rings. The molecule has 0 aliphatic heterocycles. The fraction of sp³-hybridized carbons (Fsp3) is 0.438.